The Morgan fingerprint density at radius 3 is 2.93 bits per heavy atom. The Morgan fingerprint density at radius 1 is 1.21 bits per heavy atom. The first-order valence-electron chi connectivity index (χ1n) is 10.9. The minimum absolute atomic E-state index is 0.0394. The van der Waals surface area contributed by atoms with Crippen LogP contribution in [-0.2, 0) is 22.4 Å². The van der Waals surface area contributed by atoms with Gasteiger partial charge < -0.3 is 9.64 Å². The zero-order valence-corrected chi connectivity index (χ0v) is 16.5. The van der Waals surface area contributed by atoms with Crippen molar-refractivity contribution in [2.45, 2.75) is 63.1 Å². The molecule has 0 radical (unpaired) electrons. The van der Waals surface area contributed by atoms with E-state index in [4.69, 9.17) is 9.72 Å². The van der Waals surface area contributed by atoms with Crippen molar-refractivity contribution in [3.63, 3.8) is 0 Å². The zero-order valence-electron chi connectivity index (χ0n) is 16.5. The van der Waals surface area contributed by atoms with Crippen LogP contribution in [0.15, 0.2) is 23.0 Å². The Kier molecular flexibility index (Phi) is 3.94. The van der Waals surface area contributed by atoms with Gasteiger partial charge in [-0.15, -0.1) is 0 Å². The zero-order chi connectivity index (χ0) is 19.5. The molecule has 2 fully saturated rings. The van der Waals surface area contributed by atoms with E-state index in [0.717, 1.165) is 68.4 Å². The first-order chi connectivity index (χ1) is 14.2. The molecule has 0 saturated carbocycles. The molecule has 4 atom stereocenters. The van der Waals surface area contributed by atoms with Crippen molar-refractivity contribution in [1.82, 2.24) is 19.5 Å². The predicted octanol–water partition coefficient (Wildman–Crippen LogP) is 1.95. The lowest BCUT2D eigenvalue weighted by Crippen LogP contribution is -2.44. The summed E-state index contributed by atoms with van der Waals surface area (Å²) in [4.78, 5) is 32.8. The fourth-order valence-electron chi connectivity index (χ4n) is 5.57. The van der Waals surface area contributed by atoms with Crippen molar-refractivity contribution in [3.05, 3.63) is 45.5 Å². The standard InChI is InChI=1S/C22H26N4O3/c27-21(16-10-14-7-8-19(16)29-14)25-9-3-4-13(12-25)18-11-20-23-17-6-2-1-5-15(17)22(28)26(20)24-18/h7-8,11,13-14,16,19,24H,1-6,9-10,12H2. The highest BCUT2D eigenvalue weighted by Gasteiger charge is 2.43. The fourth-order valence-corrected chi connectivity index (χ4v) is 5.57. The van der Waals surface area contributed by atoms with Gasteiger partial charge in [0, 0.05) is 36.3 Å². The molecule has 7 nitrogen and oxygen atoms in total. The quantitative estimate of drug-likeness (QED) is 0.790. The molecule has 1 aliphatic carbocycles. The van der Waals surface area contributed by atoms with Gasteiger partial charge in [-0.3, -0.25) is 14.7 Å². The van der Waals surface area contributed by atoms with Gasteiger partial charge in [0.15, 0.2) is 5.65 Å². The van der Waals surface area contributed by atoms with E-state index in [9.17, 15) is 9.59 Å². The topological polar surface area (TPSA) is 79.7 Å². The van der Waals surface area contributed by atoms with Crippen LogP contribution in [0.4, 0.5) is 0 Å². The van der Waals surface area contributed by atoms with E-state index >= 15 is 0 Å². The highest BCUT2D eigenvalue weighted by Crippen LogP contribution is 2.36. The second kappa shape index (κ2) is 6.55. The summed E-state index contributed by atoms with van der Waals surface area (Å²) >= 11 is 0. The molecule has 7 heteroatoms. The number of carbonyl (C=O) groups excluding carboxylic acids is 1. The smallest absolute Gasteiger partial charge is 0.276 e. The van der Waals surface area contributed by atoms with Crippen LogP contribution in [0.5, 0.6) is 0 Å². The maximum absolute atomic E-state index is 13.1. The predicted molar refractivity (Wildman–Crippen MR) is 107 cm³/mol. The normalized spacial score (nSPS) is 30.8. The monoisotopic (exact) mass is 394 g/mol. The lowest BCUT2D eigenvalue weighted by atomic mass is 9.90. The summed E-state index contributed by atoms with van der Waals surface area (Å²) in [5, 5.41) is 3.31. The van der Waals surface area contributed by atoms with E-state index in [-0.39, 0.29) is 35.5 Å². The number of fused-ring (bicyclic) bond motifs is 4. The van der Waals surface area contributed by atoms with Crippen molar-refractivity contribution < 1.29 is 9.53 Å². The van der Waals surface area contributed by atoms with Crippen LogP contribution in [-0.4, -0.2) is 50.7 Å². The minimum Gasteiger partial charge on any atom is -0.366 e. The van der Waals surface area contributed by atoms with Crippen LogP contribution < -0.4 is 5.56 Å². The van der Waals surface area contributed by atoms with Gasteiger partial charge in [-0.25, -0.2) is 9.50 Å². The maximum atomic E-state index is 13.1. The van der Waals surface area contributed by atoms with Gasteiger partial charge in [-0.1, -0.05) is 12.2 Å². The molecule has 2 aromatic heterocycles. The van der Waals surface area contributed by atoms with E-state index in [1.54, 1.807) is 4.52 Å². The average Bonchev–Trinajstić information content (AvgIpc) is 3.49. The third-order valence-corrected chi connectivity index (χ3v) is 7.12. The summed E-state index contributed by atoms with van der Waals surface area (Å²) in [6.45, 7) is 1.50. The summed E-state index contributed by atoms with van der Waals surface area (Å²) in [7, 11) is 0. The molecule has 5 heterocycles. The minimum atomic E-state index is -0.0463. The number of aromatic nitrogens is 3. The second-order valence-corrected chi connectivity index (χ2v) is 8.94. The number of amides is 1. The number of likely N-dealkylation sites (tertiary alicyclic amines) is 1. The van der Waals surface area contributed by atoms with Crippen LogP contribution >= 0.6 is 0 Å². The van der Waals surface area contributed by atoms with Gasteiger partial charge in [-0.05, 0) is 44.9 Å². The van der Waals surface area contributed by atoms with Crippen LogP contribution in [0, 0.1) is 5.92 Å². The van der Waals surface area contributed by atoms with Gasteiger partial charge in [0.25, 0.3) is 5.56 Å². The summed E-state index contributed by atoms with van der Waals surface area (Å²) in [5.74, 6) is 0.386. The van der Waals surface area contributed by atoms with E-state index in [2.05, 4.69) is 11.2 Å². The number of H-pyrrole nitrogens is 1. The fraction of sp³-hybridized carbons (Fsp3) is 0.591. The molecule has 2 saturated heterocycles. The average molecular weight is 394 g/mol. The number of hydrogen-bond acceptors (Lipinski definition) is 4. The van der Waals surface area contributed by atoms with Crippen LogP contribution in [0.3, 0.4) is 0 Å². The van der Waals surface area contributed by atoms with Crippen molar-refractivity contribution in [2.24, 2.45) is 5.92 Å². The summed E-state index contributed by atoms with van der Waals surface area (Å²) < 4.78 is 7.40. The van der Waals surface area contributed by atoms with Crippen molar-refractivity contribution in [2.75, 3.05) is 13.1 Å². The molecule has 1 amide bonds. The Labute approximate surface area is 168 Å². The van der Waals surface area contributed by atoms with Gasteiger partial charge >= 0.3 is 0 Å². The van der Waals surface area contributed by atoms with Crippen LogP contribution in [0.2, 0.25) is 0 Å². The SMILES string of the molecule is O=C(C1CC2C=CC1O2)N1CCCC(c2cc3nc4c(c(=O)n3[nH]2)CCCC4)C1. The first kappa shape index (κ1) is 17.4. The molecular formula is C22H26N4O3. The number of nitrogens with one attached hydrogen (secondary N) is 1. The molecule has 2 bridgehead atoms. The number of carbonyl (C=O) groups is 1. The first-order valence-corrected chi connectivity index (χ1v) is 10.9. The van der Waals surface area contributed by atoms with E-state index in [1.165, 1.54) is 0 Å². The maximum Gasteiger partial charge on any atom is 0.276 e. The number of nitrogens with zero attached hydrogens (tertiary/aromatic N) is 3. The highest BCUT2D eigenvalue weighted by molar-refractivity contribution is 5.80. The van der Waals surface area contributed by atoms with Crippen molar-refractivity contribution in [1.29, 1.82) is 0 Å². The summed E-state index contributed by atoms with van der Waals surface area (Å²) in [6, 6.07) is 2.01. The highest BCUT2D eigenvalue weighted by atomic mass is 16.5. The molecule has 3 aliphatic heterocycles. The largest absolute Gasteiger partial charge is 0.366 e. The van der Waals surface area contributed by atoms with E-state index < -0.39 is 0 Å². The van der Waals surface area contributed by atoms with Gasteiger partial charge in [-0.2, -0.15) is 0 Å². The van der Waals surface area contributed by atoms with E-state index in [0.29, 0.717) is 12.2 Å². The van der Waals surface area contributed by atoms with Crippen LogP contribution in [0.25, 0.3) is 5.65 Å². The number of aryl methyl sites for hydroxylation is 1. The van der Waals surface area contributed by atoms with Crippen molar-refractivity contribution >= 4 is 11.6 Å². The molecule has 152 valence electrons. The molecule has 1 N–H and O–H groups in total. The molecule has 29 heavy (non-hydrogen) atoms. The number of aromatic amines is 1. The van der Waals surface area contributed by atoms with Gasteiger partial charge in [0.05, 0.1) is 23.8 Å². The van der Waals surface area contributed by atoms with Crippen molar-refractivity contribution in [3.8, 4) is 0 Å². The molecule has 0 aromatic carbocycles. The Bertz CT molecular complexity index is 1070. The molecular weight excluding hydrogens is 368 g/mol. The van der Waals surface area contributed by atoms with Crippen LogP contribution in [0.1, 0.15) is 55.0 Å². The lowest BCUT2D eigenvalue weighted by molar-refractivity contribution is -0.137. The molecule has 6 rings (SSSR count). The lowest BCUT2D eigenvalue weighted by Gasteiger charge is -2.34. The van der Waals surface area contributed by atoms with Gasteiger partial charge in [0.2, 0.25) is 5.91 Å². The number of ether oxygens (including phenoxy) is 1. The second-order valence-electron chi connectivity index (χ2n) is 8.94. The molecule has 0 spiro atoms. The number of rotatable bonds is 2. The molecule has 2 aromatic rings. The summed E-state index contributed by atoms with van der Waals surface area (Å²) in [6.07, 6.45) is 10.9. The Hall–Kier alpha value is -2.41. The summed E-state index contributed by atoms with van der Waals surface area (Å²) in [5.41, 5.74) is 3.61. The Morgan fingerprint density at radius 2 is 2.10 bits per heavy atom. The third-order valence-electron chi connectivity index (χ3n) is 7.12. The number of piperidine rings is 1. The molecule has 4 unspecified atom stereocenters. The van der Waals surface area contributed by atoms with E-state index in [1.807, 2.05) is 17.0 Å². The van der Waals surface area contributed by atoms with Gasteiger partial charge in [0.1, 0.15) is 0 Å². The Balaban J connectivity index is 1.26. The molecule has 4 aliphatic rings. The number of hydrogen-bond donors (Lipinski definition) is 1. The third kappa shape index (κ3) is 2.78.